The van der Waals surface area contributed by atoms with Crippen LogP contribution in [0.1, 0.15) is 39.7 Å². The molecule has 27 heavy (non-hydrogen) atoms. The highest BCUT2D eigenvalue weighted by atomic mass is 35.5. The Morgan fingerprint density at radius 3 is 2.56 bits per heavy atom. The molecule has 146 valence electrons. The van der Waals surface area contributed by atoms with E-state index in [-0.39, 0.29) is 31.2 Å². The first-order chi connectivity index (χ1) is 12.8. The first kappa shape index (κ1) is 21.0. The van der Waals surface area contributed by atoms with Gasteiger partial charge in [0, 0.05) is 47.2 Å². The lowest BCUT2D eigenvalue weighted by atomic mass is 10.1. The van der Waals surface area contributed by atoms with E-state index in [0.717, 1.165) is 29.1 Å². The molecule has 1 amide bonds. The number of aromatic nitrogens is 1. The third-order valence-electron chi connectivity index (χ3n) is 4.56. The molecule has 2 aromatic rings. The molecule has 0 spiro atoms. The van der Waals surface area contributed by atoms with Gasteiger partial charge in [-0.15, -0.1) is 0 Å². The van der Waals surface area contributed by atoms with Gasteiger partial charge < -0.3 is 20.3 Å². The number of amides is 1. The molecule has 0 aliphatic rings. The molecule has 1 aromatic heterocycles. The Balaban J connectivity index is 2.29. The van der Waals surface area contributed by atoms with Crippen molar-refractivity contribution in [3.8, 4) is 0 Å². The quantitative estimate of drug-likeness (QED) is 0.677. The lowest BCUT2D eigenvalue weighted by Gasteiger charge is -2.16. The number of carbonyl (C=O) groups is 1. The molecule has 3 N–H and O–H groups in total. The molecule has 0 fully saturated rings. The van der Waals surface area contributed by atoms with Gasteiger partial charge in [0.1, 0.15) is 0 Å². The van der Waals surface area contributed by atoms with Crippen LogP contribution >= 0.6 is 11.6 Å². The predicted molar refractivity (Wildman–Crippen MR) is 109 cm³/mol. The van der Waals surface area contributed by atoms with Gasteiger partial charge in [0.2, 0.25) is 0 Å². The van der Waals surface area contributed by atoms with Gasteiger partial charge in [-0.3, -0.25) is 9.59 Å². The average Bonchev–Trinajstić information content (AvgIpc) is 2.61. The molecule has 0 saturated heterocycles. The minimum absolute atomic E-state index is 0.109. The summed E-state index contributed by atoms with van der Waals surface area (Å²) < 4.78 is 1.52. The van der Waals surface area contributed by atoms with Crippen molar-refractivity contribution in [2.24, 2.45) is 0 Å². The third kappa shape index (κ3) is 4.70. The van der Waals surface area contributed by atoms with Crippen molar-refractivity contribution in [3.63, 3.8) is 0 Å². The molecule has 0 aliphatic heterocycles. The van der Waals surface area contributed by atoms with Gasteiger partial charge in [-0.2, -0.15) is 0 Å². The van der Waals surface area contributed by atoms with Crippen LogP contribution < -0.4 is 16.2 Å². The summed E-state index contributed by atoms with van der Waals surface area (Å²) in [4.78, 5) is 25.4. The van der Waals surface area contributed by atoms with Crippen molar-refractivity contribution in [2.45, 2.75) is 40.8 Å². The molecule has 0 radical (unpaired) electrons. The van der Waals surface area contributed by atoms with Crippen molar-refractivity contribution in [3.05, 3.63) is 61.5 Å². The van der Waals surface area contributed by atoms with Crippen LogP contribution in [0.4, 0.5) is 5.69 Å². The number of hydrogen-bond acceptors (Lipinski definition) is 4. The Kier molecular flexibility index (Phi) is 7.05. The van der Waals surface area contributed by atoms with E-state index in [4.69, 9.17) is 11.6 Å². The molecule has 1 heterocycles. The van der Waals surface area contributed by atoms with E-state index in [1.54, 1.807) is 12.1 Å². The standard InChI is InChI=1S/C20H26ClN3O3/c1-5-22-18-10-15(21)9-16(14(18)4)19(26)23-11-17-12(2)8-13(3)24(6-7-25)20(17)27/h8-10,22,25H,5-7,11H2,1-4H3,(H,23,26). The van der Waals surface area contributed by atoms with Gasteiger partial charge in [-0.1, -0.05) is 11.6 Å². The minimum Gasteiger partial charge on any atom is -0.395 e. The Labute approximate surface area is 164 Å². The molecule has 0 saturated carbocycles. The number of nitrogens with zero attached hydrogens (tertiary/aromatic N) is 1. The summed E-state index contributed by atoms with van der Waals surface area (Å²) in [6.07, 6.45) is 0. The van der Waals surface area contributed by atoms with E-state index in [9.17, 15) is 14.7 Å². The van der Waals surface area contributed by atoms with E-state index in [1.165, 1.54) is 4.57 Å². The summed E-state index contributed by atoms with van der Waals surface area (Å²) in [5, 5.41) is 15.7. The van der Waals surface area contributed by atoms with E-state index in [2.05, 4.69) is 10.6 Å². The molecule has 0 bridgehead atoms. The highest BCUT2D eigenvalue weighted by Crippen LogP contribution is 2.25. The number of nitrogens with one attached hydrogen (secondary N) is 2. The number of hydrogen-bond donors (Lipinski definition) is 3. The normalized spacial score (nSPS) is 10.7. The van der Waals surface area contributed by atoms with E-state index < -0.39 is 0 Å². The third-order valence-corrected chi connectivity index (χ3v) is 4.78. The lowest BCUT2D eigenvalue weighted by Crippen LogP contribution is -2.33. The highest BCUT2D eigenvalue weighted by molar-refractivity contribution is 6.31. The van der Waals surface area contributed by atoms with Crippen molar-refractivity contribution >= 4 is 23.2 Å². The van der Waals surface area contributed by atoms with Gasteiger partial charge in [0.05, 0.1) is 6.61 Å². The molecular weight excluding hydrogens is 366 g/mol. The zero-order valence-corrected chi connectivity index (χ0v) is 16.9. The summed E-state index contributed by atoms with van der Waals surface area (Å²) in [5.41, 5.74) is 3.99. The van der Waals surface area contributed by atoms with E-state index >= 15 is 0 Å². The largest absolute Gasteiger partial charge is 0.395 e. The van der Waals surface area contributed by atoms with Gasteiger partial charge in [-0.25, -0.2) is 0 Å². The number of pyridine rings is 1. The number of aliphatic hydroxyl groups excluding tert-OH is 1. The maximum absolute atomic E-state index is 12.7. The lowest BCUT2D eigenvalue weighted by molar-refractivity contribution is 0.0950. The predicted octanol–water partition coefficient (Wildman–Crippen LogP) is 2.78. The number of halogens is 1. The van der Waals surface area contributed by atoms with Crippen LogP contribution in [-0.2, 0) is 13.1 Å². The summed E-state index contributed by atoms with van der Waals surface area (Å²) >= 11 is 6.15. The van der Waals surface area contributed by atoms with Crippen molar-refractivity contribution in [1.29, 1.82) is 0 Å². The first-order valence-electron chi connectivity index (χ1n) is 8.93. The highest BCUT2D eigenvalue weighted by Gasteiger charge is 2.16. The fraction of sp³-hybridized carbons (Fsp3) is 0.400. The van der Waals surface area contributed by atoms with Crippen LogP contribution in [0.3, 0.4) is 0 Å². The number of anilines is 1. The smallest absolute Gasteiger partial charge is 0.256 e. The molecule has 0 aliphatic carbocycles. The number of aliphatic hydroxyl groups is 1. The number of aryl methyl sites for hydroxylation is 2. The van der Waals surface area contributed by atoms with Crippen LogP contribution in [0.2, 0.25) is 5.02 Å². The number of benzene rings is 1. The maximum atomic E-state index is 12.7. The van der Waals surface area contributed by atoms with E-state index in [0.29, 0.717) is 16.1 Å². The van der Waals surface area contributed by atoms with Crippen LogP contribution in [0, 0.1) is 20.8 Å². The second kappa shape index (κ2) is 9.06. The summed E-state index contributed by atoms with van der Waals surface area (Å²) in [7, 11) is 0. The Bertz CT molecular complexity index is 906. The molecule has 0 atom stereocenters. The van der Waals surface area contributed by atoms with Gasteiger partial charge in [0.25, 0.3) is 11.5 Å². The zero-order valence-electron chi connectivity index (χ0n) is 16.1. The van der Waals surface area contributed by atoms with Gasteiger partial charge in [-0.05, 0) is 57.0 Å². The minimum atomic E-state index is -0.290. The van der Waals surface area contributed by atoms with Crippen LogP contribution in [0.5, 0.6) is 0 Å². The van der Waals surface area contributed by atoms with Crippen molar-refractivity contribution in [1.82, 2.24) is 9.88 Å². The molecular formula is C20H26ClN3O3. The summed E-state index contributed by atoms with van der Waals surface area (Å²) in [6.45, 7) is 8.42. The average molecular weight is 392 g/mol. The Morgan fingerprint density at radius 2 is 1.93 bits per heavy atom. The van der Waals surface area contributed by atoms with Gasteiger partial charge in [0.15, 0.2) is 0 Å². The zero-order chi connectivity index (χ0) is 20.1. The van der Waals surface area contributed by atoms with Crippen LogP contribution in [0.25, 0.3) is 0 Å². The molecule has 6 nitrogen and oxygen atoms in total. The second-order valence-electron chi connectivity index (χ2n) is 6.47. The summed E-state index contributed by atoms with van der Waals surface area (Å²) in [6, 6.07) is 5.29. The topological polar surface area (TPSA) is 83.4 Å². The Morgan fingerprint density at radius 1 is 1.22 bits per heavy atom. The van der Waals surface area contributed by atoms with Crippen molar-refractivity contribution in [2.75, 3.05) is 18.5 Å². The second-order valence-corrected chi connectivity index (χ2v) is 6.90. The molecule has 1 aromatic carbocycles. The van der Waals surface area contributed by atoms with Crippen molar-refractivity contribution < 1.29 is 9.90 Å². The number of carbonyl (C=O) groups excluding carboxylic acids is 1. The van der Waals surface area contributed by atoms with Crippen LogP contribution in [0.15, 0.2) is 23.0 Å². The first-order valence-corrected chi connectivity index (χ1v) is 9.30. The SMILES string of the molecule is CCNc1cc(Cl)cc(C(=O)NCc2c(C)cc(C)n(CCO)c2=O)c1C. The fourth-order valence-corrected chi connectivity index (χ4v) is 3.33. The van der Waals surface area contributed by atoms with Crippen LogP contribution in [-0.4, -0.2) is 28.7 Å². The Hall–Kier alpha value is -2.31. The van der Waals surface area contributed by atoms with E-state index in [1.807, 2.05) is 33.8 Å². The molecule has 0 unspecified atom stereocenters. The monoisotopic (exact) mass is 391 g/mol. The summed E-state index contributed by atoms with van der Waals surface area (Å²) in [5.74, 6) is -0.290. The fourth-order valence-electron chi connectivity index (χ4n) is 3.12. The van der Waals surface area contributed by atoms with Gasteiger partial charge >= 0.3 is 0 Å². The maximum Gasteiger partial charge on any atom is 0.256 e. The molecule has 2 rings (SSSR count). The number of rotatable bonds is 7. The molecule has 7 heteroatoms.